The average molecular weight is 325 g/mol. The number of benzene rings is 1. The molecule has 3 aromatic rings. The number of carboxylic acid groups (broad SMARTS) is 1. The van der Waals surface area contributed by atoms with Gasteiger partial charge < -0.3 is 10.8 Å². The molecule has 2 aromatic heterocycles. The number of fused-ring (bicyclic) bond motifs is 1. The van der Waals surface area contributed by atoms with Crippen molar-refractivity contribution in [2.45, 2.75) is 0 Å². The minimum atomic E-state index is -1.10. The number of aliphatic carboxylic acids is 1. The average Bonchev–Trinajstić information content (AvgIpc) is 2.93. The lowest BCUT2D eigenvalue weighted by Crippen LogP contribution is -1.98. The summed E-state index contributed by atoms with van der Waals surface area (Å²) < 4.78 is 1.49. The zero-order valence-electron chi connectivity index (χ0n) is 12.2. The van der Waals surface area contributed by atoms with Crippen LogP contribution in [0, 0.1) is 10.1 Å². The highest BCUT2D eigenvalue weighted by atomic mass is 16.6. The van der Waals surface area contributed by atoms with Crippen LogP contribution in [-0.2, 0) is 4.79 Å². The highest BCUT2D eigenvalue weighted by Crippen LogP contribution is 2.33. The van der Waals surface area contributed by atoms with Crippen molar-refractivity contribution in [3.8, 4) is 11.1 Å². The van der Waals surface area contributed by atoms with E-state index < -0.39 is 10.9 Å². The Kier molecular flexibility index (Phi) is 3.66. The van der Waals surface area contributed by atoms with E-state index in [1.807, 2.05) is 0 Å². The van der Waals surface area contributed by atoms with Crippen LogP contribution >= 0.6 is 0 Å². The smallest absolute Gasteiger partial charge is 0.328 e. The van der Waals surface area contributed by atoms with Crippen LogP contribution in [0.1, 0.15) is 5.56 Å². The van der Waals surface area contributed by atoms with Gasteiger partial charge in [0.15, 0.2) is 5.82 Å². The van der Waals surface area contributed by atoms with Crippen LogP contribution in [0.2, 0.25) is 0 Å². The number of aromatic nitrogens is 3. The number of non-ortho nitro benzene ring substituents is 1. The lowest BCUT2D eigenvalue weighted by Gasteiger charge is -2.04. The Morgan fingerprint density at radius 3 is 2.67 bits per heavy atom. The molecule has 24 heavy (non-hydrogen) atoms. The normalized spacial score (nSPS) is 11.2. The molecule has 2 heterocycles. The predicted molar refractivity (Wildman–Crippen MR) is 86.2 cm³/mol. The third-order valence-electron chi connectivity index (χ3n) is 3.40. The molecule has 0 aliphatic carbocycles. The number of hydrogen-bond acceptors (Lipinski definition) is 6. The maximum atomic E-state index is 10.8. The largest absolute Gasteiger partial charge is 0.478 e. The van der Waals surface area contributed by atoms with Crippen molar-refractivity contribution in [3.05, 3.63) is 58.5 Å². The van der Waals surface area contributed by atoms with E-state index in [0.29, 0.717) is 22.2 Å². The second kappa shape index (κ2) is 5.80. The molecule has 0 bridgehead atoms. The molecule has 1 aromatic carbocycles. The number of nitrogen functional groups attached to an aromatic ring is 1. The fourth-order valence-corrected chi connectivity index (χ4v) is 2.39. The van der Waals surface area contributed by atoms with E-state index in [-0.39, 0.29) is 11.5 Å². The molecule has 0 spiro atoms. The van der Waals surface area contributed by atoms with E-state index in [0.717, 1.165) is 6.08 Å². The van der Waals surface area contributed by atoms with Crippen LogP contribution in [-0.4, -0.2) is 30.6 Å². The molecule has 9 nitrogen and oxygen atoms in total. The molecule has 0 aliphatic rings. The van der Waals surface area contributed by atoms with Gasteiger partial charge in [-0.15, -0.1) is 0 Å². The number of carboxylic acids is 1. The number of nitrogens with two attached hydrogens (primary N) is 1. The Morgan fingerprint density at radius 1 is 1.33 bits per heavy atom. The highest BCUT2D eigenvalue weighted by molar-refractivity contribution is 5.96. The maximum absolute atomic E-state index is 10.8. The third kappa shape index (κ3) is 2.65. The summed E-state index contributed by atoms with van der Waals surface area (Å²) in [6.07, 6.45) is 5.30. The summed E-state index contributed by atoms with van der Waals surface area (Å²) in [5.41, 5.74) is 8.16. The van der Waals surface area contributed by atoms with Gasteiger partial charge in [0.1, 0.15) is 11.8 Å². The van der Waals surface area contributed by atoms with Crippen LogP contribution < -0.4 is 5.73 Å². The van der Waals surface area contributed by atoms with Crippen molar-refractivity contribution >= 4 is 29.1 Å². The van der Waals surface area contributed by atoms with Crippen molar-refractivity contribution in [2.75, 3.05) is 5.73 Å². The summed E-state index contributed by atoms with van der Waals surface area (Å²) in [5, 5.41) is 23.7. The van der Waals surface area contributed by atoms with Gasteiger partial charge in [0.25, 0.3) is 5.69 Å². The summed E-state index contributed by atoms with van der Waals surface area (Å²) in [6.45, 7) is 0. The third-order valence-corrected chi connectivity index (χ3v) is 3.40. The zero-order valence-corrected chi connectivity index (χ0v) is 12.2. The number of nitro groups is 1. The van der Waals surface area contributed by atoms with Crippen LogP contribution in [0.25, 0.3) is 22.7 Å². The highest BCUT2D eigenvalue weighted by Gasteiger charge is 2.16. The van der Waals surface area contributed by atoms with Gasteiger partial charge in [0, 0.05) is 35.5 Å². The molecule has 0 atom stereocenters. The number of anilines is 1. The molecule has 120 valence electrons. The summed E-state index contributed by atoms with van der Waals surface area (Å²) in [4.78, 5) is 25.0. The fraction of sp³-hybridized carbons (Fsp3) is 0. The Balaban J connectivity index is 2.25. The molecule has 0 saturated carbocycles. The van der Waals surface area contributed by atoms with Gasteiger partial charge in [0.2, 0.25) is 0 Å². The lowest BCUT2D eigenvalue weighted by atomic mass is 10.0. The van der Waals surface area contributed by atoms with Crippen molar-refractivity contribution in [1.82, 2.24) is 14.6 Å². The minimum Gasteiger partial charge on any atom is -0.478 e. The molecule has 0 amide bonds. The van der Waals surface area contributed by atoms with Gasteiger partial charge in [0.05, 0.1) is 4.92 Å². The minimum absolute atomic E-state index is 0.0471. The van der Waals surface area contributed by atoms with Crippen molar-refractivity contribution in [3.63, 3.8) is 0 Å². The number of rotatable bonds is 4. The first kappa shape index (κ1) is 15.2. The molecule has 0 radical (unpaired) electrons. The second-order valence-electron chi connectivity index (χ2n) is 4.87. The molecule has 0 aliphatic heterocycles. The van der Waals surface area contributed by atoms with Gasteiger partial charge in [-0.3, -0.25) is 10.1 Å². The quantitative estimate of drug-likeness (QED) is 0.425. The summed E-state index contributed by atoms with van der Waals surface area (Å²) in [5.74, 6) is -0.882. The van der Waals surface area contributed by atoms with Crippen molar-refractivity contribution in [2.24, 2.45) is 0 Å². The Labute approximate surface area is 134 Å². The molecule has 9 heteroatoms. The van der Waals surface area contributed by atoms with E-state index in [1.54, 1.807) is 18.3 Å². The molecule has 0 saturated heterocycles. The van der Waals surface area contributed by atoms with Gasteiger partial charge in [-0.25, -0.2) is 14.3 Å². The predicted octanol–water partition coefficient (Wildman–Crippen LogP) is 1.98. The molecule has 3 N–H and O–H groups in total. The number of nitro benzene ring substituents is 1. The Morgan fingerprint density at radius 2 is 2.04 bits per heavy atom. The van der Waals surface area contributed by atoms with Crippen molar-refractivity contribution < 1.29 is 14.8 Å². The van der Waals surface area contributed by atoms with Crippen LogP contribution in [0.15, 0.2) is 42.9 Å². The van der Waals surface area contributed by atoms with Gasteiger partial charge in [-0.1, -0.05) is 0 Å². The summed E-state index contributed by atoms with van der Waals surface area (Å²) in [7, 11) is 0. The van der Waals surface area contributed by atoms with Crippen LogP contribution in [0.4, 0.5) is 11.5 Å². The molecular formula is C15H11N5O4. The first-order chi connectivity index (χ1) is 11.5. The van der Waals surface area contributed by atoms with E-state index in [9.17, 15) is 14.9 Å². The molecule has 0 fully saturated rings. The monoisotopic (exact) mass is 325 g/mol. The standard InChI is InChI=1S/C15H11N5O4/c16-15-14-13(9-1-4-11(5-2-9)20(23)24)10(3-6-12(21)22)7-19(14)18-8-17-15/h1-8H,(H,21,22)(H2,16,17,18). The summed E-state index contributed by atoms with van der Waals surface area (Å²) >= 11 is 0. The van der Waals surface area contributed by atoms with Gasteiger partial charge in [-0.05, 0) is 23.8 Å². The van der Waals surface area contributed by atoms with E-state index in [2.05, 4.69) is 10.1 Å². The SMILES string of the molecule is Nc1ncnn2cc(C=CC(=O)O)c(-c3ccc([N+](=O)[O-])cc3)c12. The van der Waals surface area contributed by atoms with Crippen LogP contribution in [0.3, 0.4) is 0 Å². The Bertz CT molecular complexity index is 975. The molecule has 0 unspecified atom stereocenters. The first-order valence-electron chi connectivity index (χ1n) is 6.75. The lowest BCUT2D eigenvalue weighted by molar-refractivity contribution is -0.384. The van der Waals surface area contributed by atoms with E-state index >= 15 is 0 Å². The number of carbonyl (C=O) groups is 1. The van der Waals surface area contributed by atoms with Crippen molar-refractivity contribution in [1.29, 1.82) is 0 Å². The van der Waals surface area contributed by atoms with E-state index in [4.69, 9.17) is 10.8 Å². The molecular weight excluding hydrogens is 314 g/mol. The fourth-order valence-electron chi connectivity index (χ4n) is 2.39. The first-order valence-corrected chi connectivity index (χ1v) is 6.75. The number of hydrogen-bond donors (Lipinski definition) is 2. The zero-order chi connectivity index (χ0) is 17.3. The van der Waals surface area contributed by atoms with Crippen LogP contribution in [0.5, 0.6) is 0 Å². The Hall–Kier alpha value is -3.75. The summed E-state index contributed by atoms with van der Waals surface area (Å²) in [6, 6.07) is 5.86. The molecule has 3 rings (SSSR count). The number of nitrogens with zero attached hydrogens (tertiary/aromatic N) is 4. The van der Waals surface area contributed by atoms with Gasteiger partial charge >= 0.3 is 5.97 Å². The maximum Gasteiger partial charge on any atom is 0.328 e. The van der Waals surface area contributed by atoms with E-state index in [1.165, 1.54) is 29.1 Å². The second-order valence-corrected chi connectivity index (χ2v) is 4.87. The topological polar surface area (TPSA) is 137 Å². The van der Waals surface area contributed by atoms with Gasteiger partial charge in [-0.2, -0.15) is 5.10 Å².